The van der Waals surface area contributed by atoms with Gasteiger partial charge in [-0.15, -0.1) is 0 Å². The number of aldehydes is 1. The van der Waals surface area contributed by atoms with Gasteiger partial charge in [-0.25, -0.2) is 0 Å². The molecule has 126 valence electrons. The first-order valence-corrected chi connectivity index (χ1v) is 10.2. The number of halogens is 3. The molecule has 0 aromatic heterocycles. The van der Waals surface area contributed by atoms with Crippen LogP contribution in [0.4, 0.5) is 0 Å². The quantitative estimate of drug-likeness (QED) is 0.354. The van der Waals surface area contributed by atoms with Crippen LogP contribution in [0.25, 0.3) is 0 Å². The first kappa shape index (κ1) is 19.1. The minimum absolute atomic E-state index is 0.0303. The molecule has 2 saturated heterocycles. The van der Waals surface area contributed by atoms with E-state index in [4.69, 9.17) is 9.47 Å². The van der Waals surface area contributed by atoms with Crippen molar-refractivity contribution < 1.29 is 19.4 Å². The lowest BCUT2D eigenvalue weighted by atomic mass is 9.95. The fourth-order valence-electron chi connectivity index (χ4n) is 2.99. The third-order valence-corrected chi connectivity index (χ3v) is 6.56. The highest BCUT2D eigenvalue weighted by atomic mass is 79.9. The molecule has 2 fully saturated rings. The monoisotopic (exact) mass is 502 g/mol. The number of alkyl halides is 2. The molecular formula is C15H21Br3O4. The summed E-state index contributed by atoms with van der Waals surface area (Å²) in [5.41, 5.74) is 0. The van der Waals surface area contributed by atoms with Gasteiger partial charge in [0.25, 0.3) is 0 Å². The molecule has 22 heavy (non-hydrogen) atoms. The summed E-state index contributed by atoms with van der Waals surface area (Å²) in [5.74, 6) is 0. The summed E-state index contributed by atoms with van der Waals surface area (Å²) in [6.07, 6.45) is 4.92. The smallest absolute Gasteiger partial charge is 0.156 e. The highest BCUT2D eigenvalue weighted by Crippen LogP contribution is 2.35. The minimum Gasteiger partial charge on any atom is -0.390 e. The van der Waals surface area contributed by atoms with Crippen LogP contribution >= 0.6 is 47.8 Å². The third kappa shape index (κ3) is 4.86. The second-order valence-corrected chi connectivity index (χ2v) is 9.08. The SMILES string of the molecule is CCC1OC(CC2OC(C=C(Br)C=O)CC2Br)C(O)CC1Br. The van der Waals surface area contributed by atoms with Gasteiger partial charge < -0.3 is 14.6 Å². The molecule has 7 unspecified atom stereocenters. The molecule has 0 amide bonds. The zero-order valence-corrected chi connectivity index (χ0v) is 17.1. The lowest BCUT2D eigenvalue weighted by molar-refractivity contribution is -0.128. The van der Waals surface area contributed by atoms with Gasteiger partial charge in [-0.1, -0.05) is 38.8 Å². The molecular weight excluding hydrogens is 484 g/mol. The van der Waals surface area contributed by atoms with Crippen LogP contribution < -0.4 is 0 Å². The number of ether oxygens (including phenoxy) is 2. The van der Waals surface area contributed by atoms with E-state index < -0.39 is 6.10 Å². The molecule has 2 aliphatic heterocycles. The molecule has 4 nitrogen and oxygen atoms in total. The van der Waals surface area contributed by atoms with Gasteiger partial charge in [-0.3, -0.25) is 4.79 Å². The molecule has 2 heterocycles. The van der Waals surface area contributed by atoms with Crippen molar-refractivity contribution >= 4 is 54.1 Å². The summed E-state index contributed by atoms with van der Waals surface area (Å²) < 4.78 is 12.5. The molecule has 0 aromatic rings. The normalized spacial score (nSPS) is 43.3. The minimum atomic E-state index is -0.480. The van der Waals surface area contributed by atoms with E-state index in [1.54, 1.807) is 6.08 Å². The molecule has 0 spiro atoms. The van der Waals surface area contributed by atoms with Crippen molar-refractivity contribution in [3.63, 3.8) is 0 Å². The Morgan fingerprint density at radius 3 is 2.50 bits per heavy atom. The Kier molecular flexibility index (Phi) is 7.55. The van der Waals surface area contributed by atoms with E-state index in [9.17, 15) is 9.90 Å². The van der Waals surface area contributed by atoms with Gasteiger partial charge in [0.2, 0.25) is 0 Å². The van der Waals surface area contributed by atoms with E-state index in [1.165, 1.54) is 0 Å². The number of hydrogen-bond acceptors (Lipinski definition) is 4. The molecule has 1 N–H and O–H groups in total. The molecule has 0 aromatic carbocycles. The average Bonchev–Trinajstić information content (AvgIpc) is 2.81. The lowest BCUT2D eigenvalue weighted by Gasteiger charge is -2.38. The van der Waals surface area contributed by atoms with Crippen molar-refractivity contribution in [3.05, 3.63) is 10.6 Å². The van der Waals surface area contributed by atoms with Crippen molar-refractivity contribution in [2.24, 2.45) is 0 Å². The molecule has 7 heteroatoms. The van der Waals surface area contributed by atoms with Crippen LogP contribution in [-0.2, 0) is 14.3 Å². The van der Waals surface area contributed by atoms with Gasteiger partial charge in [0.05, 0.1) is 35.0 Å². The Morgan fingerprint density at radius 2 is 1.86 bits per heavy atom. The van der Waals surface area contributed by atoms with Crippen molar-refractivity contribution in [2.45, 2.75) is 72.8 Å². The number of hydrogen-bond donors (Lipinski definition) is 1. The molecule has 2 aliphatic rings. The maximum atomic E-state index is 10.7. The fraction of sp³-hybridized carbons (Fsp3) is 0.800. The number of allylic oxidation sites excluding steroid dienone is 1. The number of carbonyl (C=O) groups excluding carboxylic acids is 1. The largest absolute Gasteiger partial charge is 0.390 e. The molecule has 0 saturated carbocycles. The van der Waals surface area contributed by atoms with Gasteiger partial charge in [0, 0.05) is 16.1 Å². The maximum absolute atomic E-state index is 10.7. The van der Waals surface area contributed by atoms with Gasteiger partial charge in [-0.05, 0) is 41.3 Å². The summed E-state index contributed by atoms with van der Waals surface area (Å²) in [4.78, 5) is 11.1. The zero-order valence-electron chi connectivity index (χ0n) is 12.3. The Hall–Kier alpha value is 0.730. The van der Waals surface area contributed by atoms with Crippen LogP contribution in [0.5, 0.6) is 0 Å². The number of aliphatic hydroxyl groups excluding tert-OH is 1. The molecule has 0 radical (unpaired) electrons. The Morgan fingerprint density at radius 1 is 1.18 bits per heavy atom. The van der Waals surface area contributed by atoms with Crippen LogP contribution in [0, 0.1) is 0 Å². The highest BCUT2D eigenvalue weighted by molar-refractivity contribution is 9.12. The summed E-state index contributed by atoms with van der Waals surface area (Å²) in [6, 6.07) is 0. The Bertz CT molecular complexity index is 418. The van der Waals surface area contributed by atoms with E-state index in [2.05, 4.69) is 54.7 Å². The maximum Gasteiger partial charge on any atom is 0.156 e. The predicted octanol–water partition coefficient (Wildman–Crippen LogP) is 3.47. The molecule has 0 aliphatic carbocycles. The van der Waals surface area contributed by atoms with Crippen LogP contribution in [0.3, 0.4) is 0 Å². The van der Waals surface area contributed by atoms with Gasteiger partial charge in [0.1, 0.15) is 0 Å². The molecule has 2 rings (SSSR count). The van der Waals surface area contributed by atoms with Crippen molar-refractivity contribution in [1.82, 2.24) is 0 Å². The van der Waals surface area contributed by atoms with Crippen LogP contribution in [0.15, 0.2) is 10.6 Å². The van der Waals surface area contributed by atoms with Crippen LogP contribution in [-0.4, -0.2) is 51.6 Å². The highest BCUT2D eigenvalue weighted by Gasteiger charge is 2.40. The summed E-state index contributed by atoms with van der Waals surface area (Å²) in [7, 11) is 0. The summed E-state index contributed by atoms with van der Waals surface area (Å²) >= 11 is 10.4. The van der Waals surface area contributed by atoms with E-state index in [-0.39, 0.29) is 34.1 Å². The van der Waals surface area contributed by atoms with Gasteiger partial charge >= 0.3 is 0 Å². The summed E-state index contributed by atoms with van der Waals surface area (Å²) in [6.45, 7) is 2.09. The second kappa shape index (κ2) is 8.72. The van der Waals surface area contributed by atoms with Crippen molar-refractivity contribution in [3.8, 4) is 0 Å². The first-order chi connectivity index (χ1) is 10.4. The number of rotatable bonds is 5. The van der Waals surface area contributed by atoms with E-state index in [1.807, 2.05) is 0 Å². The van der Waals surface area contributed by atoms with E-state index in [0.29, 0.717) is 17.3 Å². The first-order valence-electron chi connectivity index (χ1n) is 7.54. The van der Waals surface area contributed by atoms with E-state index >= 15 is 0 Å². The average molecular weight is 505 g/mol. The van der Waals surface area contributed by atoms with Crippen LogP contribution in [0.2, 0.25) is 0 Å². The van der Waals surface area contributed by atoms with Crippen molar-refractivity contribution in [1.29, 1.82) is 0 Å². The lowest BCUT2D eigenvalue weighted by Crippen LogP contribution is -2.46. The Balaban J connectivity index is 1.94. The number of carbonyl (C=O) groups is 1. The third-order valence-electron chi connectivity index (χ3n) is 4.18. The van der Waals surface area contributed by atoms with Gasteiger partial charge in [-0.2, -0.15) is 0 Å². The standard InChI is InChI=1S/C15H21Br3O4/c1-2-13-11(18)5-12(20)15(22-13)6-14-10(17)4-9(21-14)3-8(16)7-19/h3,7,9-15,20H,2,4-6H2,1H3. The molecule has 0 bridgehead atoms. The number of aliphatic hydroxyl groups is 1. The topological polar surface area (TPSA) is 55.8 Å². The predicted molar refractivity (Wildman–Crippen MR) is 96.0 cm³/mol. The van der Waals surface area contributed by atoms with E-state index in [0.717, 1.165) is 19.1 Å². The zero-order chi connectivity index (χ0) is 16.3. The fourth-order valence-corrected chi connectivity index (χ4v) is 4.88. The van der Waals surface area contributed by atoms with Gasteiger partial charge in [0.15, 0.2) is 6.29 Å². The Labute approximate surface area is 156 Å². The van der Waals surface area contributed by atoms with Crippen molar-refractivity contribution in [2.75, 3.05) is 0 Å². The van der Waals surface area contributed by atoms with Crippen LogP contribution in [0.1, 0.15) is 32.6 Å². The summed E-state index contributed by atoms with van der Waals surface area (Å²) in [5, 5.41) is 10.3. The second-order valence-electron chi connectivity index (χ2n) is 5.81. The molecule has 7 atom stereocenters.